The van der Waals surface area contributed by atoms with Crippen LogP contribution < -0.4 is 4.43 Å². The molecule has 34 heavy (non-hydrogen) atoms. The summed E-state index contributed by atoms with van der Waals surface area (Å²) in [5.41, 5.74) is 0.806. The molecule has 0 saturated heterocycles. The van der Waals surface area contributed by atoms with Crippen LogP contribution in [0.1, 0.15) is 86.1 Å². The quantitative estimate of drug-likeness (QED) is 0.156. The van der Waals surface area contributed by atoms with Crippen LogP contribution in [0.15, 0.2) is 12.1 Å². The molecule has 5 nitrogen and oxygen atoms in total. The van der Waals surface area contributed by atoms with Crippen LogP contribution in [-0.4, -0.2) is 32.0 Å². The average molecular weight is 501 g/mol. The van der Waals surface area contributed by atoms with E-state index in [1.807, 2.05) is 0 Å². The Labute approximate surface area is 204 Å². The minimum absolute atomic E-state index is 0.00511. The molecule has 0 bridgehead atoms. The number of carboxylic acid groups (broad SMARTS) is 1. The molecule has 1 rings (SSSR count). The maximum atomic E-state index is 15.1. The van der Waals surface area contributed by atoms with Crippen LogP contribution in [0, 0.1) is 17.6 Å². The van der Waals surface area contributed by atoms with Gasteiger partial charge in [-0.15, -0.1) is 0 Å². The smallest absolute Gasteiger partial charge is 0.306 e. The molecule has 8 heteroatoms. The number of esters is 1. The van der Waals surface area contributed by atoms with E-state index in [9.17, 15) is 14.7 Å². The third kappa shape index (κ3) is 7.78. The first kappa shape index (κ1) is 30.1. The van der Waals surface area contributed by atoms with Gasteiger partial charge in [0.2, 0.25) is 0 Å². The minimum atomic E-state index is -2.57. The predicted octanol–water partition coefficient (Wildman–Crippen LogP) is 7.28. The summed E-state index contributed by atoms with van der Waals surface area (Å²) >= 11 is 0. The zero-order chi connectivity index (χ0) is 26.1. The Morgan fingerprint density at radius 1 is 1.00 bits per heavy atom. The first-order valence-corrected chi connectivity index (χ1v) is 14.6. The Bertz CT molecular complexity index is 781. The maximum absolute atomic E-state index is 15.1. The van der Waals surface area contributed by atoms with Crippen molar-refractivity contribution in [1.82, 2.24) is 0 Å². The molecule has 0 fully saturated rings. The lowest BCUT2D eigenvalue weighted by atomic mass is 9.93. The lowest BCUT2D eigenvalue weighted by Crippen LogP contribution is -2.51. The van der Waals surface area contributed by atoms with Gasteiger partial charge in [-0.3, -0.25) is 9.59 Å². The maximum Gasteiger partial charge on any atom is 0.306 e. The number of carbonyl (C=O) groups is 2. The summed E-state index contributed by atoms with van der Waals surface area (Å²) in [5.74, 6) is -4.06. The summed E-state index contributed by atoms with van der Waals surface area (Å²) in [4.78, 5) is 23.2. The molecular weight excluding hydrogens is 458 g/mol. The fourth-order valence-corrected chi connectivity index (χ4v) is 10.4. The van der Waals surface area contributed by atoms with Crippen molar-refractivity contribution in [3.05, 3.63) is 29.3 Å². The van der Waals surface area contributed by atoms with E-state index in [0.717, 1.165) is 6.42 Å². The van der Waals surface area contributed by atoms with Gasteiger partial charge in [-0.1, -0.05) is 54.4 Å². The third-order valence-corrected chi connectivity index (χ3v) is 13.0. The molecule has 1 aromatic rings. The van der Waals surface area contributed by atoms with Crippen molar-refractivity contribution in [3.8, 4) is 5.75 Å². The van der Waals surface area contributed by atoms with Gasteiger partial charge in [0.15, 0.2) is 17.4 Å². The van der Waals surface area contributed by atoms with Crippen LogP contribution in [-0.2, 0) is 20.7 Å². The molecule has 194 valence electrons. The van der Waals surface area contributed by atoms with Crippen molar-refractivity contribution in [2.45, 2.75) is 104 Å². The molecule has 0 aliphatic heterocycles. The molecule has 0 spiro atoms. The Morgan fingerprint density at radius 2 is 1.56 bits per heavy atom. The standard InChI is InChI=1S/C26H42F2O5Si/c1-8-19(7)34(17(3)4,18(5)6)33-25-22(27)15-20(16-23(25)28)14-21(26(30)31)12-10-11-13-24(29)32-9-2/h15-19,21H,8-14H2,1-7H3,(H,30,31). The Hall–Kier alpha value is -1.96. The van der Waals surface area contributed by atoms with Gasteiger partial charge < -0.3 is 14.3 Å². The number of benzene rings is 1. The van der Waals surface area contributed by atoms with E-state index in [1.165, 1.54) is 12.1 Å². The largest absolute Gasteiger partial charge is 0.539 e. The van der Waals surface area contributed by atoms with Gasteiger partial charge in [0, 0.05) is 6.42 Å². The molecule has 0 aliphatic carbocycles. The summed E-state index contributed by atoms with van der Waals surface area (Å²) in [5, 5.41) is 9.59. The van der Waals surface area contributed by atoms with Crippen molar-refractivity contribution in [1.29, 1.82) is 0 Å². The first-order chi connectivity index (χ1) is 15.9. The van der Waals surface area contributed by atoms with Gasteiger partial charge in [0.1, 0.15) is 0 Å². The number of carboxylic acids is 1. The molecule has 2 atom stereocenters. The predicted molar refractivity (Wildman–Crippen MR) is 133 cm³/mol. The van der Waals surface area contributed by atoms with Crippen LogP contribution in [0.2, 0.25) is 16.6 Å². The fourth-order valence-electron chi connectivity index (χ4n) is 4.96. The van der Waals surface area contributed by atoms with Crippen LogP contribution in [0.3, 0.4) is 0 Å². The van der Waals surface area contributed by atoms with Gasteiger partial charge in [0.05, 0.1) is 12.5 Å². The first-order valence-electron chi connectivity index (χ1n) is 12.5. The fraction of sp³-hybridized carbons (Fsp3) is 0.692. The number of hydrogen-bond donors (Lipinski definition) is 1. The topological polar surface area (TPSA) is 72.8 Å². The normalized spacial score (nSPS) is 13.7. The number of rotatable bonds is 15. The Morgan fingerprint density at radius 3 is 2.00 bits per heavy atom. The van der Waals surface area contributed by atoms with Gasteiger partial charge in [-0.2, -0.15) is 0 Å². The number of hydrogen-bond acceptors (Lipinski definition) is 4. The van der Waals surface area contributed by atoms with Gasteiger partial charge in [-0.25, -0.2) is 8.78 Å². The second-order valence-corrected chi connectivity index (χ2v) is 15.0. The number of carbonyl (C=O) groups excluding carboxylic acids is 1. The van der Waals surface area contributed by atoms with E-state index in [1.54, 1.807) is 6.92 Å². The van der Waals surface area contributed by atoms with Crippen molar-refractivity contribution >= 4 is 20.3 Å². The molecule has 1 N–H and O–H groups in total. The molecular formula is C26H42F2O5Si. The Kier molecular flexibility index (Phi) is 12.2. The molecule has 0 aliphatic rings. The summed E-state index contributed by atoms with van der Waals surface area (Å²) in [6.07, 6.45) is 2.41. The number of aliphatic carboxylic acids is 1. The van der Waals surface area contributed by atoms with E-state index in [0.29, 0.717) is 25.9 Å². The summed E-state index contributed by atoms with van der Waals surface area (Å²) < 4.78 is 41.4. The zero-order valence-electron chi connectivity index (χ0n) is 21.7. The monoisotopic (exact) mass is 500 g/mol. The number of halogens is 2. The van der Waals surface area contributed by atoms with Crippen LogP contribution in [0.4, 0.5) is 8.78 Å². The van der Waals surface area contributed by atoms with Crippen molar-refractivity contribution in [3.63, 3.8) is 0 Å². The molecule has 0 aromatic heterocycles. The second-order valence-electron chi connectivity index (χ2n) is 9.75. The van der Waals surface area contributed by atoms with Crippen molar-refractivity contribution in [2.75, 3.05) is 6.61 Å². The van der Waals surface area contributed by atoms with Crippen molar-refractivity contribution < 1.29 is 32.6 Å². The van der Waals surface area contributed by atoms with Crippen molar-refractivity contribution in [2.24, 2.45) is 5.92 Å². The zero-order valence-corrected chi connectivity index (χ0v) is 22.7. The molecule has 0 amide bonds. The van der Waals surface area contributed by atoms with Crippen LogP contribution in [0.25, 0.3) is 0 Å². The lowest BCUT2D eigenvalue weighted by Gasteiger charge is -2.43. The van der Waals surface area contributed by atoms with Gasteiger partial charge >= 0.3 is 11.9 Å². The van der Waals surface area contributed by atoms with Crippen LogP contribution in [0.5, 0.6) is 5.75 Å². The van der Waals surface area contributed by atoms with E-state index >= 15 is 8.78 Å². The SMILES string of the molecule is CCOC(=O)CCCCC(Cc1cc(F)c(O[Si](C(C)C)(C(C)C)C(C)CC)c(F)c1)C(=O)O. The summed E-state index contributed by atoms with van der Waals surface area (Å²) in [6, 6.07) is 2.40. The molecule has 0 heterocycles. The van der Waals surface area contributed by atoms with E-state index < -0.39 is 31.8 Å². The molecule has 1 aromatic carbocycles. The molecule has 2 unspecified atom stereocenters. The average Bonchev–Trinajstić information content (AvgIpc) is 2.74. The number of ether oxygens (including phenoxy) is 1. The summed E-state index contributed by atoms with van der Waals surface area (Å²) in [6.45, 7) is 14.4. The minimum Gasteiger partial charge on any atom is -0.539 e. The molecule has 0 radical (unpaired) electrons. The third-order valence-electron chi connectivity index (χ3n) is 6.84. The van der Waals surface area contributed by atoms with Gasteiger partial charge in [0.25, 0.3) is 8.32 Å². The highest BCUT2D eigenvalue weighted by Crippen LogP contribution is 2.45. The van der Waals surface area contributed by atoms with Crippen LogP contribution >= 0.6 is 0 Å². The lowest BCUT2D eigenvalue weighted by molar-refractivity contribution is -0.143. The Balaban J connectivity index is 3.04. The molecule has 0 saturated carbocycles. The van der Waals surface area contributed by atoms with E-state index in [-0.39, 0.29) is 46.7 Å². The summed E-state index contributed by atoms with van der Waals surface area (Å²) in [7, 11) is -2.57. The highest BCUT2D eigenvalue weighted by molar-refractivity contribution is 6.78. The van der Waals surface area contributed by atoms with Gasteiger partial charge in [-0.05, 0) is 60.5 Å². The van der Waals surface area contributed by atoms with E-state index in [2.05, 4.69) is 41.5 Å². The number of unbranched alkanes of at least 4 members (excludes halogenated alkanes) is 1. The van der Waals surface area contributed by atoms with E-state index in [4.69, 9.17) is 9.16 Å². The second kappa shape index (κ2) is 13.8. The highest BCUT2D eigenvalue weighted by Gasteiger charge is 2.49. The highest BCUT2D eigenvalue weighted by atomic mass is 28.4.